The number of benzene rings is 4. The molecule has 0 unspecified atom stereocenters. The Balaban J connectivity index is 1.12. The van der Waals surface area contributed by atoms with E-state index in [0.29, 0.717) is 12.0 Å². The molecule has 1 saturated heterocycles. The highest BCUT2D eigenvalue weighted by atomic mass is 16.1. The highest BCUT2D eigenvalue weighted by molar-refractivity contribution is 5.92. The average Bonchev–Trinajstić information content (AvgIpc) is 3.01. The summed E-state index contributed by atoms with van der Waals surface area (Å²) in [5.74, 6) is 0.839. The molecule has 7 nitrogen and oxygen atoms in total. The van der Waals surface area contributed by atoms with Crippen molar-refractivity contribution >= 4 is 34.1 Å². The third-order valence-electron chi connectivity index (χ3n) is 7.20. The van der Waals surface area contributed by atoms with Crippen LogP contribution in [0.1, 0.15) is 11.1 Å². The molecule has 1 N–H and O–H groups in total. The predicted octanol–water partition coefficient (Wildman–Crippen LogP) is 5.68. The summed E-state index contributed by atoms with van der Waals surface area (Å²) < 4.78 is 0. The van der Waals surface area contributed by atoms with E-state index in [1.807, 2.05) is 91.1 Å². The Bertz CT molecular complexity index is 1670. The zero-order chi connectivity index (χ0) is 27.3. The second-order valence-electron chi connectivity index (χ2n) is 9.85. The van der Waals surface area contributed by atoms with Crippen molar-refractivity contribution < 1.29 is 4.79 Å². The van der Waals surface area contributed by atoms with Crippen molar-refractivity contribution in [3.8, 4) is 17.2 Å². The lowest BCUT2D eigenvalue weighted by atomic mass is 10.0. The van der Waals surface area contributed by atoms with E-state index in [4.69, 9.17) is 10.2 Å². The average molecular weight is 525 g/mol. The van der Waals surface area contributed by atoms with Gasteiger partial charge >= 0.3 is 0 Å². The molecule has 5 aromatic rings. The Hall–Kier alpha value is -5.22. The molecule has 0 atom stereocenters. The molecule has 7 heteroatoms. The molecule has 0 radical (unpaired) electrons. The summed E-state index contributed by atoms with van der Waals surface area (Å²) in [5.41, 5.74) is 7.37. The number of hydrogen-bond donors (Lipinski definition) is 1. The second-order valence-corrected chi connectivity index (χ2v) is 9.85. The summed E-state index contributed by atoms with van der Waals surface area (Å²) in [4.78, 5) is 26.6. The number of piperazine rings is 1. The number of anilines is 3. The summed E-state index contributed by atoms with van der Waals surface area (Å²) in [6, 6.07) is 33.7. The monoisotopic (exact) mass is 524 g/mol. The minimum absolute atomic E-state index is 0.0369. The smallest absolute Gasteiger partial charge is 0.228 e. The van der Waals surface area contributed by atoms with Gasteiger partial charge in [-0.3, -0.25) is 9.78 Å². The number of carbonyl (C=O) groups is 1. The molecular weight excluding hydrogens is 496 g/mol. The first kappa shape index (κ1) is 25.1. The maximum atomic E-state index is 12.4. The normalized spacial score (nSPS) is 13.2. The molecule has 6 rings (SSSR count). The molecule has 0 aliphatic carbocycles. The lowest BCUT2D eigenvalue weighted by Crippen LogP contribution is -2.46. The highest BCUT2D eigenvalue weighted by Crippen LogP contribution is 2.26. The number of carbonyl (C=O) groups excluding carboxylic acids is 1. The summed E-state index contributed by atoms with van der Waals surface area (Å²) in [7, 11) is 0. The van der Waals surface area contributed by atoms with Crippen LogP contribution >= 0.6 is 0 Å². The summed E-state index contributed by atoms with van der Waals surface area (Å²) in [6.07, 6.45) is 2.20. The number of nitrogens with one attached hydrogen (secondary N) is 1. The van der Waals surface area contributed by atoms with Crippen LogP contribution in [0.2, 0.25) is 0 Å². The van der Waals surface area contributed by atoms with Crippen LogP contribution in [-0.2, 0) is 11.2 Å². The van der Waals surface area contributed by atoms with Crippen LogP contribution in [-0.4, -0.2) is 42.1 Å². The van der Waals surface area contributed by atoms with E-state index in [0.717, 1.165) is 71.1 Å². The van der Waals surface area contributed by atoms with Crippen LogP contribution in [0.5, 0.6) is 0 Å². The summed E-state index contributed by atoms with van der Waals surface area (Å²) >= 11 is 0. The Morgan fingerprint density at radius 3 is 2.23 bits per heavy atom. The molecule has 1 aliphatic heterocycles. The van der Waals surface area contributed by atoms with Gasteiger partial charge in [0.15, 0.2) is 0 Å². The van der Waals surface area contributed by atoms with E-state index in [2.05, 4.69) is 38.3 Å². The van der Waals surface area contributed by atoms with Gasteiger partial charge in [-0.2, -0.15) is 5.26 Å². The van der Waals surface area contributed by atoms with E-state index >= 15 is 0 Å². The maximum absolute atomic E-state index is 12.4. The van der Waals surface area contributed by atoms with Gasteiger partial charge < -0.3 is 15.1 Å². The largest absolute Gasteiger partial charge is 0.368 e. The third-order valence-corrected chi connectivity index (χ3v) is 7.20. The molecule has 2 heterocycles. The van der Waals surface area contributed by atoms with Crippen molar-refractivity contribution in [3.05, 3.63) is 114 Å². The molecule has 196 valence electrons. The summed E-state index contributed by atoms with van der Waals surface area (Å²) in [6.45, 7) is 3.44. The van der Waals surface area contributed by atoms with Crippen LogP contribution in [0.25, 0.3) is 22.2 Å². The zero-order valence-electron chi connectivity index (χ0n) is 22.0. The van der Waals surface area contributed by atoms with E-state index in [-0.39, 0.29) is 5.91 Å². The minimum atomic E-state index is -0.0369. The number of amides is 1. The number of aromatic nitrogens is 2. The zero-order valence-corrected chi connectivity index (χ0v) is 22.0. The fourth-order valence-corrected chi connectivity index (χ4v) is 5.01. The Labute approximate surface area is 233 Å². The van der Waals surface area contributed by atoms with Gasteiger partial charge in [0.1, 0.15) is 5.82 Å². The highest BCUT2D eigenvalue weighted by Gasteiger charge is 2.19. The van der Waals surface area contributed by atoms with Crippen molar-refractivity contribution in [3.63, 3.8) is 0 Å². The van der Waals surface area contributed by atoms with E-state index < -0.39 is 0 Å². The lowest BCUT2D eigenvalue weighted by molar-refractivity contribution is -0.115. The van der Waals surface area contributed by atoms with Gasteiger partial charge in [0.25, 0.3) is 0 Å². The molecule has 1 aliphatic rings. The maximum Gasteiger partial charge on any atom is 0.228 e. The summed E-state index contributed by atoms with van der Waals surface area (Å²) in [5, 5.41) is 12.0. The van der Waals surface area contributed by atoms with Crippen LogP contribution in [0.15, 0.2) is 103 Å². The van der Waals surface area contributed by atoms with Gasteiger partial charge in [0.05, 0.1) is 35.3 Å². The Morgan fingerprint density at radius 2 is 1.50 bits per heavy atom. The number of rotatable bonds is 6. The molecule has 4 aromatic carbocycles. The SMILES string of the molecule is N#Cc1ccc(N2CCN(c3cnc4ccc(-c5ccc(NC(=O)Cc6ccccc6)cc5)cc4n3)CC2)cc1. The van der Waals surface area contributed by atoms with Gasteiger partial charge in [0, 0.05) is 37.6 Å². The first-order valence-electron chi connectivity index (χ1n) is 13.4. The Morgan fingerprint density at radius 1 is 0.800 bits per heavy atom. The number of nitrogens with zero attached hydrogens (tertiary/aromatic N) is 5. The van der Waals surface area contributed by atoms with Gasteiger partial charge in [0.2, 0.25) is 5.91 Å². The van der Waals surface area contributed by atoms with Crippen LogP contribution < -0.4 is 15.1 Å². The molecule has 1 aromatic heterocycles. The second kappa shape index (κ2) is 11.3. The van der Waals surface area contributed by atoms with E-state index in [9.17, 15) is 4.79 Å². The number of hydrogen-bond acceptors (Lipinski definition) is 6. The third kappa shape index (κ3) is 5.62. The lowest BCUT2D eigenvalue weighted by Gasteiger charge is -2.36. The fourth-order valence-electron chi connectivity index (χ4n) is 5.01. The standard InChI is InChI=1S/C33H28N6O/c34-22-25-6-13-29(14-7-25)38-16-18-39(19-17-38)32-23-35-30-15-10-27(21-31(30)37-32)26-8-11-28(12-9-26)36-33(40)20-24-4-2-1-3-5-24/h1-15,21,23H,16-20H2,(H,36,40). The first-order valence-corrected chi connectivity index (χ1v) is 13.4. The van der Waals surface area contributed by atoms with Gasteiger partial charge in [-0.05, 0) is 65.2 Å². The van der Waals surface area contributed by atoms with Crippen LogP contribution in [0, 0.1) is 11.3 Å². The van der Waals surface area contributed by atoms with Gasteiger partial charge in [-0.25, -0.2) is 4.98 Å². The molecule has 1 fully saturated rings. The van der Waals surface area contributed by atoms with Crippen molar-refractivity contribution in [2.24, 2.45) is 0 Å². The predicted molar refractivity (Wildman–Crippen MR) is 159 cm³/mol. The fraction of sp³-hybridized carbons (Fsp3) is 0.152. The van der Waals surface area contributed by atoms with Gasteiger partial charge in [-0.15, -0.1) is 0 Å². The molecule has 0 saturated carbocycles. The van der Waals surface area contributed by atoms with Crippen molar-refractivity contribution in [1.29, 1.82) is 5.26 Å². The van der Waals surface area contributed by atoms with Crippen LogP contribution in [0.3, 0.4) is 0 Å². The van der Waals surface area contributed by atoms with Crippen molar-refractivity contribution in [1.82, 2.24) is 9.97 Å². The molecule has 40 heavy (non-hydrogen) atoms. The van der Waals surface area contributed by atoms with Gasteiger partial charge in [-0.1, -0.05) is 48.5 Å². The van der Waals surface area contributed by atoms with E-state index in [1.54, 1.807) is 0 Å². The first-order chi connectivity index (χ1) is 19.6. The van der Waals surface area contributed by atoms with Crippen LogP contribution in [0.4, 0.5) is 17.2 Å². The van der Waals surface area contributed by atoms with Crippen molar-refractivity contribution in [2.45, 2.75) is 6.42 Å². The minimum Gasteiger partial charge on any atom is -0.368 e. The topological polar surface area (TPSA) is 85.2 Å². The number of fused-ring (bicyclic) bond motifs is 1. The van der Waals surface area contributed by atoms with Crippen molar-refractivity contribution in [2.75, 3.05) is 41.3 Å². The molecule has 0 spiro atoms. The van der Waals surface area contributed by atoms with E-state index in [1.165, 1.54) is 0 Å². The molecule has 0 bridgehead atoms. The Kier molecular flexibility index (Phi) is 7.06. The molecular formula is C33H28N6O. The quantitative estimate of drug-likeness (QED) is 0.308. The number of nitriles is 1. The molecule has 1 amide bonds.